The van der Waals surface area contributed by atoms with Crippen LogP contribution in [0, 0.1) is 6.92 Å². The van der Waals surface area contributed by atoms with Crippen molar-refractivity contribution in [2.24, 2.45) is 10.7 Å². The first-order chi connectivity index (χ1) is 7.27. The van der Waals surface area contributed by atoms with Crippen molar-refractivity contribution in [2.75, 3.05) is 13.1 Å². The number of hydrogen-bond donors (Lipinski definition) is 1. The third-order valence-electron chi connectivity index (χ3n) is 2.78. The third-order valence-corrected chi connectivity index (χ3v) is 2.78. The van der Waals surface area contributed by atoms with Crippen LogP contribution in [0.25, 0.3) is 0 Å². The minimum Gasteiger partial charge on any atom is -0.369 e. The van der Waals surface area contributed by atoms with Crippen LogP contribution in [0.4, 0.5) is 5.69 Å². The highest BCUT2D eigenvalue weighted by molar-refractivity contribution is 14.0. The standard InChI is InChI=1S/C12H17N3.HI/c1-10-6-2-3-7-11(10)14-12(13)15-8-4-5-9-15;/h2-3,6-7H,4-5,8-9H2,1H3,(H2,13,14);1H. The number of aliphatic imine (C=N–C) groups is 1. The molecule has 0 aromatic heterocycles. The molecule has 4 heteroatoms. The number of para-hydroxylation sites is 1. The summed E-state index contributed by atoms with van der Waals surface area (Å²) in [5, 5.41) is 0. The number of nitrogens with two attached hydrogens (primary N) is 1. The number of benzene rings is 1. The molecule has 0 unspecified atom stereocenters. The molecule has 0 aliphatic carbocycles. The Morgan fingerprint density at radius 2 is 1.88 bits per heavy atom. The van der Waals surface area contributed by atoms with Crippen molar-refractivity contribution in [1.29, 1.82) is 0 Å². The molecular weight excluding hydrogens is 313 g/mol. The van der Waals surface area contributed by atoms with Gasteiger partial charge in [0.2, 0.25) is 0 Å². The molecule has 88 valence electrons. The summed E-state index contributed by atoms with van der Waals surface area (Å²) in [6, 6.07) is 8.05. The first-order valence-electron chi connectivity index (χ1n) is 5.42. The van der Waals surface area contributed by atoms with E-state index in [0.29, 0.717) is 5.96 Å². The lowest BCUT2D eigenvalue weighted by Crippen LogP contribution is -2.34. The minimum atomic E-state index is 0. The quantitative estimate of drug-likeness (QED) is 0.488. The number of aryl methyl sites for hydroxylation is 1. The van der Waals surface area contributed by atoms with Gasteiger partial charge in [0.1, 0.15) is 0 Å². The maximum atomic E-state index is 5.96. The summed E-state index contributed by atoms with van der Waals surface area (Å²) >= 11 is 0. The minimum absolute atomic E-state index is 0. The number of rotatable bonds is 1. The molecule has 3 nitrogen and oxygen atoms in total. The molecule has 0 spiro atoms. The number of hydrogen-bond acceptors (Lipinski definition) is 1. The van der Waals surface area contributed by atoms with Crippen molar-refractivity contribution in [3.05, 3.63) is 29.8 Å². The van der Waals surface area contributed by atoms with Crippen LogP contribution >= 0.6 is 24.0 Å². The van der Waals surface area contributed by atoms with E-state index in [0.717, 1.165) is 18.8 Å². The number of guanidine groups is 1. The summed E-state index contributed by atoms with van der Waals surface area (Å²) in [6.07, 6.45) is 2.45. The summed E-state index contributed by atoms with van der Waals surface area (Å²) in [5.41, 5.74) is 8.10. The molecule has 1 aliphatic rings. The van der Waals surface area contributed by atoms with Crippen LogP contribution in [0.3, 0.4) is 0 Å². The van der Waals surface area contributed by atoms with E-state index in [-0.39, 0.29) is 24.0 Å². The van der Waals surface area contributed by atoms with Crippen molar-refractivity contribution in [2.45, 2.75) is 19.8 Å². The lowest BCUT2D eigenvalue weighted by Gasteiger charge is -2.15. The first kappa shape index (κ1) is 13.3. The van der Waals surface area contributed by atoms with E-state index < -0.39 is 0 Å². The average molecular weight is 331 g/mol. The Morgan fingerprint density at radius 1 is 1.25 bits per heavy atom. The van der Waals surface area contributed by atoms with Crippen LogP contribution < -0.4 is 5.73 Å². The number of nitrogens with zero attached hydrogens (tertiary/aromatic N) is 2. The molecule has 1 fully saturated rings. The fourth-order valence-electron chi connectivity index (χ4n) is 1.83. The van der Waals surface area contributed by atoms with Crippen LogP contribution in [0.5, 0.6) is 0 Å². The van der Waals surface area contributed by atoms with Gasteiger partial charge in [-0.15, -0.1) is 24.0 Å². The van der Waals surface area contributed by atoms with Crippen LogP contribution in [-0.2, 0) is 0 Å². The molecule has 0 bridgehead atoms. The summed E-state index contributed by atoms with van der Waals surface area (Å²) in [6.45, 7) is 4.14. The topological polar surface area (TPSA) is 41.6 Å². The maximum Gasteiger partial charge on any atom is 0.196 e. The van der Waals surface area contributed by atoms with Crippen LogP contribution in [-0.4, -0.2) is 23.9 Å². The fraction of sp³-hybridized carbons (Fsp3) is 0.417. The maximum absolute atomic E-state index is 5.96. The van der Waals surface area contributed by atoms with Gasteiger partial charge in [0.25, 0.3) is 0 Å². The van der Waals surface area contributed by atoms with Gasteiger partial charge >= 0.3 is 0 Å². The van der Waals surface area contributed by atoms with E-state index in [9.17, 15) is 0 Å². The molecule has 1 aromatic rings. The Morgan fingerprint density at radius 3 is 2.50 bits per heavy atom. The molecule has 0 saturated carbocycles. The number of halogens is 1. The lowest BCUT2D eigenvalue weighted by molar-refractivity contribution is 0.513. The van der Waals surface area contributed by atoms with Crippen molar-refractivity contribution >= 4 is 35.6 Å². The Balaban J connectivity index is 0.00000128. The van der Waals surface area contributed by atoms with Gasteiger partial charge in [0.15, 0.2) is 5.96 Å². The lowest BCUT2D eigenvalue weighted by atomic mass is 10.2. The van der Waals surface area contributed by atoms with E-state index in [1.54, 1.807) is 0 Å². The summed E-state index contributed by atoms with van der Waals surface area (Å²) in [5.74, 6) is 0.654. The predicted octanol–water partition coefficient (Wildman–Crippen LogP) is 2.66. The smallest absolute Gasteiger partial charge is 0.196 e. The van der Waals surface area contributed by atoms with Crippen LogP contribution in [0.15, 0.2) is 29.3 Å². The molecule has 1 aliphatic heterocycles. The van der Waals surface area contributed by atoms with E-state index in [1.807, 2.05) is 18.2 Å². The molecule has 1 saturated heterocycles. The van der Waals surface area contributed by atoms with E-state index in [1.165, 1.54) is 18.4 Å². The van der Waals surface area contributed by atoms with E-state index in [4.69, 9.17) is 5.73 Å². The molecule has 0 atom stereocenters. The Labute approximate surface area is 114 Å². The molecule has 0 radical (unpaired) electrons. The molecule has 2 N–H and O–H groups in total. The highest BCUT2D eigenvalue weighted by Crippen LogP contribution is 2.18. The van der Waals surface area contributed by atoms with Gasteiger partial charge in [-0.2, -0.15) is 0 Å². The molecule has 1 heterocycles. The van der Waals surface area contributed by atoms with Crippen molar-refractivity contribution in [3.8, 4) is 0 Å². The zero-order valence-corrected chi connectivity index (χ0v) is 11.8. The SMILES string of the molecule is Cc1ccccc1N=C(N)N1CCCC1.I. The zero-order chi connectivity index (χ0) is 10.7. The van der Waals surface area contributed by atoms with Gasteiger partial charge in [-0.25, -0.2) is 4.99 Å². The van der Waals surface area contributed by atoms with E-state index >= 15 is 0 Å². The summed E-state index contributed by atoms with van der Waals surface area (Å²) in [7, 11) is 0. The van der Waals surface area contributed by atoms with Crippen LogP contribution in [0.2, 0.25) is 0 Å². The third kappa shape index (κ3) is 3.10. The molecule has 16 heavy (non-hydrogen) atoms. The highest BCUT2D eigenvalue weighted by atomic mass is 127. The normalized spacial score (nSPS) is 16.1. The van der Waals surface area contributed by atoms with Crippen molar-refractivity contribution in [3.63, 3.8) is 0 Å². The Hall–Kier alpha value is -0.780. The summed E-state index contributed by atoms with van der Waals surface area (Å²) < 4.78 is 0. The van der Waals surface area contributed by atoms with Gasteiger partial charge in [0.05, 0.1) is 5.69 Å². The Kier molecular flexibility index (Phi) is 5.05. The Bertz CT molecular complexity index is 370. The average Bonchev–Trinajstić information content (AvgIpc) is 2.74. The molecule has 2 rings (SSSR count). The van der Waals surface area contributed by atoms with Gasteiger partial charge in [-0.3, -0.25) is 0 Å². The van der Waals surface area contributed by atoms with Gasteiger partial charge < -0.3 is 10.6 Å². The fourth-order valence-corrected chi connectivity index (χ4v) is 1.83. The largest absolute Gasteiger partial charge is 0.369 e. The highest BCUT2D eigenvalue weighted by Gasteiger charge is 2.13. The summed E-state index contributed by atoms with van der Waals surface area (Å²) in [4.78, 5) is 6.61. The van der Waals surface area contributed by atoms with Crippen molar-refractivity contribution < 1.29 is 0 Å². The van der Waals surface area contributed by atoms with E-state index in [2.05, 4.69) is 22.9 Å². The van der Waals surface area contributed by atoms with Gasteiger partial charge in [0, 0.05) is 13.1 Å². The monoisotopic (exact) mass is 331 g/mol. The second-order valence-electron chi connectivity index (χ2n) is 3.95. The van der Waals surface area contributed by atoms with Crippen molar-refractivity contribution in [1.82, 2.24) is 4.90 Å². The number of likely N-dealkylation sites (tertiary alicyclic amines) is 1. The van der Waals surface area contributed by atoms with Gasteiger partial charge in [-0.1, -0.05) is 18.2 Å². The first-order valence-corrected chi connectivity index (χ1v) is 5.42. The molecule has 1 aromatic carbocycles. The second-order valence-corrected chi connectivity index (χ2v) is 3.95. The second kappa shape index (κ2) is 6.08. The predicted molar refractivity (Wildman–Crippen MR) is 78.7 cm³/mol. The van der Waals surface area contributed by atoms with Crippen LogP contribution in [0.1, 0.15) is 18.4 Å². The molecular formula is C12H18IN3. The van der Waals surface area contributed by atoms with Gasteiger partial charge in [-0.05, 0) is 31.4 Å². The molecule has 0 amide bonds. The zero-order valence-electron chi connectivity index (χ0n) is 9.52.